The number of carbonyl (C=O) groups is 3. The average Bonchev–Trinajstić information content (AvgIpc) is 2.75. The summed E-state index contributed by atoms with van der Waals surface area (Å²) in [5.74, 6) is -3.50. The molecule has 2 aromatic rings. The third-order valence-corrected chi connectivity index (χ3v) is 5.00. The molecule has 1 fully saturated rings. The van der Waals surface area contributed by atoms with Gasteiger partial charge < -0.3 is 15.5 Å². The first-order valence-corrected chi connectivity index (χ1v) is 9.72. The third kappa shape index (κ3) is 5.40. The zero-order chi connectivity index (χ0) is 21.7. The molecule has 0 aromatic heterocycles. The second-order valence-corrected chi connectivity index (χ2v) is 7.35. The molecule has 1 aliphatic rings. The number of benzene rings is 2. The Bertz CT molecular complexity index is 947. The van der Waals surface area contributed by atoms with Gasteiger partial charge in [0.1, 0.15) is 0 Å². The highest BCUT2D eigenvalue weighted by atomic mass is 19.2. The summed E-state index contributed by atoms with van der Waals surface area (Å²) in [6.07, 6.45) is 1.31. The van der Waals surface area contributed by atoms with Crippen molar-refractivity contribution in [3.63, 3.8) is 0 Å². The Morgan fingerprint density at radius 3 is 2.50 bits per heavy atom. The van der Waals surface area contributed by atoms with Crippen LogP contribution in [0.15, 0.2) is 42.5 Å². The minimum absolute atomic E-state index is 0.0979. The van der Waals surface area contributed by atoms with Crippen molar-refractivity contribution in [2.75, 3.05) is 25.0 Å². The van der Waals surface area contributed by atoms with E-state index in [2.05, 4.69) is 10.6 Å². The molecule has 0 spiro atoms. The van der Waals surface area contributed by atoms with Crippen LogP contribution in [0.5, 0.6) is 0 Å². The Balaban J connectivity index is 1.51. The van der Waals surface area contributed by atoms with Gasteiger partial charge in [0.05, 0.1) is 12.5 Å². The highest BCUT2D eigenvalue weighted by Gasteiger charge is 2.29. The molecule has 1 heterocycles. The summed E-state index contributed by atoms with van der Waals surface area (Å²) >= 11 is 0. The van der Waals surface area contributed by atoms with Gasteiger partial charge >= 0.3 is 0 Å². The van der Waals surface area contributed by atoms with Gasteiger partial charge in [0.25, 0.3) is 5.91 Å². The molecule has 1 aliphatic heterocycles. The van der Waals surface area contributed by atoms with Gasteiger partial charge in [-0.2, -0.15) is 0 Å². The highest BCUT2D eigenvalue weighted by molar-refractivity contribution is 5.96. The number of aryl methyl sites for hydroxylation is 1. The van der Waals surface area contributed by atoms with Crippen LogP contribution in [0, 0.1) is 24.5 Å². The molecule has 0 bridgehead atoms. The molecule has 1 atom stereocenters. The largest absolute Gasteiger partial charge is 0.347 e. The number of carbonyl (C=O) groups excluding carboxylic acids is 3. The van der Waals surface area contributed by atoms with Gasteiger partial charge in [-0.05, 0) is 44.0 Å². The molecule has 6 nitrogen and oxygen atoms in total. The second kappa shape index (κ2) is 9.47. The number of rotatable bonds is 5. The van der Waals surface area contributed by atoms with E-state index < -0.39 is 23.5 Å². The smallest absolute Gasteiger partial charge is 0.253 e. The third-order valence-electron chi connectivity index (χ3n) is 5.00. The molecule has 158 valence electrons. The average molecular weight is 415 g/mol. The van der Waals surface area contributed by atoms with Crippen LogP contribution in [0.1, 0.15) is 28.8 Å². The van der Waals surface area contributed by atoms with E-state index in [-0.39, 0.29) is 30.6 Å². The van der Waals surface area contributed by atoms with Crippen molar-refractivity contribution in [2.24, 2.45) is 5.92 Å². The topological polar surface area (TPSA) is 78.5 Å². The molecular formula is C22H23F2N3O3. The fourth-order valence-electron chi connectivity index (χ4n) is 3.35. The van der Waals surface area contributed by atoms with Gasteiger partial charge in [-0.1, -0.05) is 17.7 Å². The molecule has 1 unspecified atom stereocenters. The van der Waals surface area contributed by atoms with Gasteiger partial charge in [-0.25, -0.2) is 8.78 Å². The van der Waals surface area contributed by atoms with E-state index in [9.17, 15) is 23.2 Å². The number of piperidine rings is 1. The minimum Gasteiger partial charge on any atom is -0.347 e. The molecule has 0 radical (unpaired) electrons. The zero-order valence-corrected chi connectivity index (χ0v) is 16.6. The van der Waals surface area contributed by atoms with Crippen LogP contribution in [0.25, 0.3) is 0 Å². The fraction of sp³-hybridized carbons (Fsp3) is 0.318. The summed E-state index contributed by atoms with van der Waals surface area (Å²) in [6, 6.07) is 10.3. The van der Waals surface area contributed by atoms with Gasteiger partial charge in [0.15, 0.2) is 11.6 Å². The molecule has 8 heteroatoms. The SMILES string of the molecule is Cc1ccc(C(=O)N2CCCC(C(=O)NCC(=O)Nc3ccc(F)c(F)c3)C2)cc1. The van der Waals surface area contributed by atoms with Crippen molar-refractivity contribution in [2.45, 2.75) is 19.8 Å². The summed E-state index contributed by atoms with van der Waals surface area (Å²) < 4.78 is 26.1. The first-order valence-electron chi connectivity index (χ1n) is 9.72. The Kier molecular flexibility index (Phi) is 6.76. The van der Waals surface area contributed by atoms with E-state index in [0.717, 1.165) is 17.7 Å². The molecule has 3 rings (SSSR count). The van der Waals surface area contributed by atoms with Gasteiger partial charge in [0, 0.05) is 30.4 Å². The lowest BCUT2D eigenvalue weighted by Crippen LogP contribution is -2.46. The lowest BCUT2D eigenvalue weighted by atomic mass is 9.96. The van der Waals surface area contributed by atoms with Crippen molar-refractivity contribution in [3.05, 3.63) is 65.2 Å². The van der Waals surface area contributed by atoms with Crippen molar-refractivity contribution in [1.29, 1.82) is 0 Å². The quantitative estimate of drug-likeness (QED) is 0.788. The lowest BCUT2D eigenvalue weighted by Gasteiger charge is -2.32. The number of anilines is 1. The Labute approximate surface area is 173 Å². The Hall–Kier alpha value is -3.29. The van der Waals surface area contributed by atoms with E-state index in [4.69, 9.17) is 0 Å². The molecule has 2 aromatic carbocycles. The first-order chi connectivity index (χ1) is 14.3. The highest BCUT2D eigenvalue weighted by Crippen LogP contribution is 2.19. The Morgan fingerprint density at radius 1 is 1.07 bits per heavy atom. The summed E-state index contributed by atoms with van der Waals surface area (Å²) in [6.45, 7) is 2.49. The molecule has 2 N–H and O–H groups in total. The lowest BCUT2D eigenvalue weighted by molar-refractivity contribution is -0.128. The number of hydrogen-bond acceptors (Lipinski definition) is 3. The number of nitrogens with zero attached hydrogens (tertiary/aromatic N) is 1. The number of amides is 3. The van der Waals surface area contributed by atoms with Crippen LogP contribution in [-0.2, 0) is 9.59 Å². The van der Waals surface area contributed by atoms with Crippen LogP contribution >= 0.6 is 0 Å². The number of halogens is 2. The summed E-state index contributed by atoms with van der Waals surface area (Å²) in [4.78, 5) is 38.8. The van der Waals surface area contributed by atoms with Crippen LogP contribution in [-0.4, -0.2) is 42.3 Å². The molecular weight excluding hydrogens is 392 g/mol. The number of likely N-dealkylation sites (tertiary alicyclic amines) is 1. The second-order valence-electron chi connectivity index (χ2n) is 7.35. The minimum atomic E-state index is -1.07. The van der Waals surface area contributed by atoms with E-state index in [1.807, 2.05) is 19.1 Å². The fourth-order valence-corrected chi connectivity index (χ4v) is 3.35. The normalized spacial score (nSPS) is 16.1. The number of nitrogens with one attached hydrogen (secondary N) is 2. The summed E-state index contributed by atoms with van der Waals surface area (Å²) in [5, 5.41) is 4.94. The van der Waals surface area contributed by atoms with Gasteiger partial charge in [-0.3, -0.25) is 14.4 Å². The van der Waals surface area contributed by atoms with Crippen molar-refractivity contribution in [3.8, 4) is 0 Å². The van der Waals surface area contributed by atoms with Crippen molar-refractivity contribution < 1.29 is 23.2 Å². The predicted octanol–water partition coefficient (Wildman–Crippen LogP) is 2.88. The van der Waals surface area contributed by atoms with Crippen molar-refractivity contribution >= 4 is 23.4 Å². The molecule has 0 aliphatic carbocycles. The maximum absolute atomic E-state index is 13.2. The van der Waals surface area contributed by atoms with E-state index >= 15 is 0 Å². The summed E-state index contributed by atoms with van der Waals surface area (Å²) in [7, 11) is 0. The van der Waals surface area contributed by atoms with Crippen LogP contribution in [0.4, 0.5) is 14.5 Å². The first kappa shape index (κ1) is 21.4. The van der Waals surface area contributed by atoms with Gasteiger partial charge in [0.2, 0.25) is 11.8 Å². The zero-order valence-electron chi connectivity index (χ0n) is 16.6. The molecule has 30 heavy (non-hydrogen) atoms. The predicted molar refractivity (Wildman–Crippen MR) is 108 cm³/mol. The Morgan fingerprint density at radius 2 is 1.80 bits per heavy atom. The maximum Gasteiger partial charge on any atom is 0.253 e. The molecule has 0 saturated carbocycles. The maximum atomic E-state index is 13.2. The van der Waals surface area contributed by atoms with Crippen molar-refractivity contribution in [1.82, 2.24) is 10.2 Å². The molecule has 1 saturated heterocycles. The monoisotopic (exact) mass is 415 g/mol. The van der Waals surface area contributed by atoms with Gasteiger partial charge in [-0.15, -0.1) is 0 Å². The molecule has 3 amide bonds. The van der Waals surface area contributed by atoms with Crippen LogP contribution < -0.4 is 10.6 Å². The van der Waals surface area contributed by atoms with Crippen LogP contribution in [0.2, 0.25) is 0 Å². The number of hydrogen-bond donors (Lipinski definition) is 2. The summed E-state index contributed by atoms with van der Waals surface area (Å²) in [5.41, 5.74) is 1.73. The van der Waals surface area contributed by atoms with E-state index in [1.54, 1.807) is 17.0 Å². The van der Waals surface area contributed by atoms with E-state index in [0.29, 0.717) is 24.9 Å². The van der Waals surface area contributed by atoms with Crippen LogP contribution in [0.3, 0.4) is 0 Å². The standard InChI is InChI=1S/C22H23F2N3O3/c1-14-4-6-15(7-5-14)22(30)27-10-2-3-16(13-27)21(29)25-12-20(28)26-17-8-9-18(23)19(24)11-17/h4-9,11,16H,2-3,10,12-13H2,1H3,(H,25,29)(H,26,28). The van der Waals surface area contributed by atoms with E-state index in [1.165, 1.54) is 6.07 Å².